The number of nitrogens with zero attached hydrogens (tertiary/aromatic N) is 4. The van der Waals surface area contributed by atoms with Gasteiger partial charge in [0.1, 0.15) is 0 Å². The van der Waals surface area contributed by atoms with Gasteiger partial charge in [-0.25, -0.2) is 9.97 Å². The molecule has 0 unspecified atom stereocenters. The summed E-state index contributed by atoms with van der Waals surface area (Å²) in [4.78, 5) is 13.9. The number of aromatic nitrogens is 2. The van der Waals surface area contributed by atoms with Gasteiger partial charge in [-0.2, -0.15) is 0 Å². The van der Waals surface area contributed by atoms with Gasteiger partial charge in [-0.05, 0) is 6.92 Å². The Morgan fingerprint density at radius 3 is 2.55 bits per heavy atom. The van der Waals surface area contributed by atoms with E-state index in [2.05, 4.69) is 37.5 Å². The van der Waals surface area contributed by atoms with Gasteiger partial charge in [0.2, 0.25) is 0 Å². The Morgan fingerprint density at radius 1 is 1.10 bits per heavy atom. The molecule has 0 aliphatic carbocycles. The summed E-state index contributed by atoms with van der Waals surface area (Å²) in [5.74, 6) is 0. The number of rotatable bonds is 5. The van der Waals surface area contributed by atoms with Crippen molar-refractivity contribution in [3.63, 3.8) is 0 Å². The first-order valence-electron chi connectivity index (χ1n) is 7.02. The normalized spacial score (nSPS) is 17.6. The van der Waals surface area contributed by atoms with E-state index in [1.807, 2.05) is 5.51 Å². The van der Waals surface area contributed by atoms with E-state index in [-0.39, 0.29) is 0 Å². The molecule has 4 nitrogen and oxygen atoms in total. The molecule has 6 heteroatoms. The van der Waals surface area contributed by atoms with Crippen LogP contribution in [0.4, 0.5) is 0 Å². The fraction of sp³-hybridized carbons (Fsp3) is 0.571. The lowest BCUT2D eigenvalue weighted by molar-refractivity contribution is 0.127. The first-order chi connectivity index (χ1) is 9.79. The molecular weight excluding hydrogens is 288 g/mol. The van der Waals surface area contributed by atoms with Crippen LogP contribution < -0.4 is 0 Å². The molecule has 108 valence electrons. The van der Waals surface area contributed by atoms with Crippen LogP contribution in [0.15, 0.2) is 16.3 Å². The summed E-state index contributed by atoms with van der Waals surface area (Å²) in [7, 11) is 0. The fourth-order valence-corrected chi connectivity index (χ4v) is 3.71. The molecule has 0 aromatic carbocycles. The summed E-state index contributed by atoms with van der Waals surface area (Å²) in [6.07, 6.45) is 1.08. The molecule has 0 spiro atoms. The summed E-state index contributed by atoms with van der Waals surface area (Å²) in [5.41, 5.74) is 4.38. The van der Waals surface area contributed by atoms with Crippen molar-refractivity contribution in [2.45, 2.75) is 19.9 Å². The second-order valence-electron chi connectivity index (χ2n) is 5.21. The van der Waals surface area contributed by atoms with Crippen LogP contribution in [0.3, 0.4) is 0 Å². The standard InChI is InChI=1S/C14H20N4S2/c1-12-16-14(10-20-12)8-18-6-4-17(5-7-18)3-2-13-9-19-11-15-13/h9-11H,2-8H2,1H3. The Hall–Kier alpha value is -0.820. The average Bonchev–Trinajstić information content (AvgIpc) is 3.10. The molecule has 1 saturated heterocycles. The first kappa shape index (κ1) is 14.1. The Bertz CT molecular complexity index is 515. The zero-order valence-electron chi connectivity index (χ0n) is 11.8. The highest BCUT2D eigenvalue weighted by Crippen LogP contribution is 2.12. The van der Waals surface area contributed by atoms with Crippen molar-refractivity contribution in [1.82, 2.24) is 19.8 Å². The van der Waals surface area contributed by atoms with E-state index in [1.165, 1.54) is 16.4 Å². The summed E-state index contributed by atoms with van der Waals surface area (Å²) < 4.78 is 0. The monoisotopic (exact) mass is 308 g/mol. The molecule has 0 radical (unpaired) electrons. The van der Waals surface area contributed by atoms with E-state index in [0.717, 1.165) is 45.7 Å². The van der Waals surface area contributed by atoms with E-state index in [9.17, 15) is 0 Å². The van der Waals surface area contributed by atoms with Crippen molar-refractivity contribution in [2.75, 3.05) is 32.7 Å². The maximum atomic E-state index is 4.55. The van der Waals surface area contributed by atoms with Crippen LogP contribution in [-0.2, 0) is 13.0 Å². The lowest BCUT2D eigenvalue weighted by Crippen LogP contribution is -2.46. The molecule has 3 heterocycles. The van der Waals surface area contributed by atoms with Crippen molar-refractivity contribution >= 4 is 22.7 Å². The molecule has 1 aliphatic heterocycles. The Morgan fingerprint density at radius 2 is 1.90 bits per heavy atom. The first-order valence-corrected chi connectivity index (χ1v) is 8.84. The minimum atomic E-state index is 1.00. The topological polar surface area (TPSA) is 32.3 Å². The van der Waals surface area contributed by atoms with Crippen LogP contribution in [0.5, 0.6) is 0 Å². The fourth-order valence-electron chi connectivity index (χ4n) is 2.51. The molecule has 1 fully saturated rings. The summed E-state index contributed by atoms with van der Waals surface area (Å²) in [6, 6.07) is 0. The average molecular weight is 308 g/mol. The molecule has 2 aromatic heterocycles. The van der Waals surface area contributed by atoms with E-state index < -0.39 is 0 Å². The van der Waals surface area contributed by atoms with Crippen LogP contribution in [0.2, 0.25) is 0 Å². The zero-order chi connectivity index (χ0) is 13.8. The van der Waals surface area contributed by atoms with Crippen molar-refractivity contribution in [3.8, 4) is 0 Å². The second kappa shape index (κ2) is 6.76. The van der Waals surface area contributed by atoms with E-state index >= 15 is 0 Å². The second-order valence-corrected chi connectivity index (χ2v) is 6.99. The maximum absolute atomic E-state index is 4.55. The molecular formula is C14H20N4S2. The molecule has 2 aromatic rings. The van der Waals surface area contributed by atoms with Gasteiger partial charge in [-0.1, -0.05) is 0 Å². The van der Waals surface area contributed by atoms with E-state index in [4.69, 9.17) is 0 Å². The van der Waals surface area contributed by atoms with Crippen molar-refractivity contribution in [2.24, 2.45) is 0 Å². The van der Waals surface area contributed by atoms with Crippen LogP contribution >= 0.6 is 22.7 Å². The van der Waals surface area contributed by atoms with Crippen LogP contribution in [0, 0.1) is 6.92 Å². The molecule has 3 rings (SSSR count). The smallest absolute Gasteiger partial charge is 0.0897 e. The highest BCUT2D eigenvalue weighted by atomic mass is 32.1. The van der Waals surface area contributed by atoms with E-state index in [0.29, 0.717) is 0 Å². The third-order valence-corrected chi connectivity index (χ3v) is 5.14. The minimum absolute atomic E-state index is 1.00. The molecule has 0 amide bonds. The highest BCUT2D eigenvalue weighted by Gasteiger charge is 2.17. The van der Waals surface area contributed by atoms with Crippen molar-refractivity contribution < 1.29 is 0 Å². The minimum Gasteiger partial charge on any atom is -0.300 e. The predicted octanol–water partition coefficient (Wildman–Crippen LogP) is 2.27. The molecule has 0 saturated carbocycles. The third kappa shape index (κ3) is 3.85. The quantitative estimate of drug-likeness (QED) is 0.848. The van der Waals surface area contributed by atoms with Gasteiger partial charge in [0.05, 0.1) is 21.9 Å². The van der Waals surface area contributed by atoms with E-state index in [1.54, 1.807) is 22.7 Å². The summed E-state index contributed by atoms with van der Waals surface area (Å²) in [6.45, 7) is 8.82. The van der Waals surface area contributed by atoms with Gasteiger partial charge < -0.3 is 4.90 Å². The number of hydrogen-bond acceptors (Lipinski definition) is 6. The van der Waals surface area contributed by atoms with Gasteiger partial charge in [0.15, 0.2) is 0 Å². The lowest BCUT2D eigenvalue weighted by Gasteiger charge is -2.34. The Labute approximate surface area is 128 Å². The molecule has 1 aliphatic rings. The predicted molar refractivity (Wildman–Crippen MR) is 84.4 cm³/mol. The molecule has 0 bridgehead atoms. The van der Waals surface area contributed by atoms with Gasteiger partial charge >= 0.3 is 0 Å². The summed E-state index contributed by atoms with van der Waals surface area (Å²) >= 11 is 3.43. The molecule has 20 heavy (non-hydrogen) atoms. The van der Waals surface area contributed by atoms with Gasteiger partial charge in [0.25, 0.3) is 0 Å². The molecule has 0 N–H and O–H groups in total. The lowest BCUT2D eigenvalue weighted by atomic mass is 10.2. The van der Waals surface area contributed by atoms with Gasteiger partial charge in [0, 0.05) is 56.4 Å². The van der Waals surface area contributed by atoms with Crippen molar-refractivity contribution in [3.05, 3.63) is 32.7 Å². The van der Waals surface area contributed by atoms with Crippen LogP contribution in [0.1, 0.15) is 16.4 Å². The largest absolute Gasteiger partial charge is 0.300 e. The highest BCUT2D eigenvalue weighted by molar-refractivity contribution is 7.09. The van der Waals surface area contributed by atoms with Crippen molar-refractivity contribution in [1.29, 1.82) is 0 Å². The maximum Gasteiger partial charge on any atom is 0.0897 e. The Kier molecular flexibility index (Phi) is 4.77. The third-order valence-electron chi connectivity index (χ3n) is 3.68. The Balaban J connectivity index is 1.40. The number of hydrogen-bond donors (Lipinski definition) is 0. The van der Waals surface area contributed by atoms with Crippen LogP contribution in [-0.4, -0.2) is 52.5 Å². The number of thiazole rings is 2. The zero-order valence-corrected chi connectivity index (χ0v) is 13.4. The summed E-state index contributed by atoms with van der Waals surface area (Å²) in [5, 5.41) is 5.51. The number of aryl methyl sites for hydroxylation is 1. The molecule has 0 atom stereocenters. The number of piperazine rings is 1. The SMILES string of the molecule is Cc1nc(CN2CCN(CCc3cscn3)CC2)cs1. The van der Waals surface area contributed by atoms with Gasteiger partial charge in [-0.3, -0.25) is 4.90 Å². The van der Waals surface area contributed by atoms with Gasteiger partial charge in [-0.15, -0.1) is 22.7 Å². The van der Waals surface area contributed by atoms with Crippen LogP contribution in [0.25, 0.3) is 0 Å².